The van der Waals surface area contributed by atoms with Gasteiger partial charge < -0.3 is 5.73 Å². The molecule has 2 heteroatoms. The van der Waals surface area contributed by atoms with Crippen molar-refractivity contribution in [2.45, 2.75) is 25.7 Å². The molecular weight excluding hydrogens is 190 g/mol. The van der Waals surface area contributed by atoms with E-state index in [1.165, 1.54) is 25.7 Å². The molecule has 2 fully saturated rings. The molecule has 3 atom stereocenters. The minimum absolute atomic E-state index is 0. The summed E-state index contributed by atoms with van der Waals surface area (Å²) in [7, 11) is 0. The largest absolute Gasteiger partial charge is 0.330 e. The van der Waals surface area contributed by atoms with Crippen LogP contribution in [0.3, 0.4) is 0 Å². The van der Waals surface area contributed by atoms with E-state index in [0.717, 1.165) is 24.3 Å². The van der Waals surface area contributed by atoms with Crippen LogP contribution in [0.15, 0.2) is 0 Å². The molecule has 10 heavy (non-hydrogen) atoms. The normalized spacial score (nSPS) is 43.5. The Hall–Kier alpha value is 0.440. The first-order valence-electron chi connectivity index (χ1n) is 4.10. The third-order valence-electron chi connectivity index (χ3n) is 3.19. The number of halogens is 1. The Bertz CT molecular complexity index is 116. The molecule has 2 saturated carbocycles. The van der Waals surface area contributed by atoms with Gasteiger partial charge in [0.1, 0.15) is 0 Å². The van der Waals surface area contributed by atoms with Crippen LogP contribution < -0.4 is 5.73 Å². The highest BCUT2D eigenvalue weighted by Crippen LogP contribution is 2.47. The Morgan fingerprint density at radius 1 is 1.20 bits per heavy atom. The Balaban J connectivity index is 0.000000500. The maximum Gasteiger partial charge on any atom is -0.00461 e. The summed E-state index contributed by atoms with van der Waals surface area (Å²) in [6.07, 6.45) is 5.93. The number of hydrogen-bond acceptors (Lipinski definition) is 1. The van der Waals surface area contributed by atoms with Crippen LogP contribution in [0.25, 0.3) is 0 Å². The van der Waals surface area contributed by atoms with Crippen LogP contribution in [-0.4, -0.2) is 6.54 Å². The molecule has 0 aromatic rings. The van der Waals surface area contributed by atoms with Crippen molar-refractivity contribution in [1.29, 1.82) is 0 Å². The molecule has 0 amide bonds. The maximum absolute atomic E-state index is 5.62. The molecule has 3 unspecified atom stereocenters. The first-order valence-corrected chi connectivity index (χ1v) is 4.10. The molecule has 2 aliphatic carbocycles. The first kappa shape index (κ1) is 8.54. The predicted octanol–water partition coefficient (Wildman–Crippen LogP) is 1.96. The SMILES string of the molecule is Br.NCC1CC2CCC1C2. The summed E-state index contributed by atoms with van der Waals surface area (Å²) in [5, 5.41) is 0. The molecule has 0 aliphatic heterocycles. The van der Waals surface area contributed by atoms with Crippen LogP contribution in [0, 0.1) is 17.8 Å². The second kappa shape index (κ2) is 3.22. The molecule has 0 aromatic heterocycles. The van der Waals surface area contributed by atoms with Crippen molar-refractivity contribution >= 4 is 17.0 Å². The van der Waals surface area contributed by atoms with Gasteiger partial charge in [0.15, 0.2) is 0 Å². The van der Waals surface area contributed by atoms with Crippen LogP contribution in [0.4, 0.5) is 0 Å². The van der Waals surface area contributed by atoms with E-state index in [1.54, 1.807) is 0 Å². The first-order chi connectivity index (χ1) is 4.40. The summed E-state index contributed by atoms with van der Waals surface area (Å²) in [6.45, 7) is 0.946. The third kappa shape index (κ3) is 1.24. The summed E-state index contributed by atoms with van der Waals surface area (Å²) in [4.78, 5) is 0. The van der Waals surface area contributed by atoms with Crippen LogP contribution in [0.5, 0.6) is 0 Å². The van der Waals surface area contributed by atoms with Gasteiger partial charge in [-0.1, -0.05) is 6.42 Å². The molecule has 0 radical (unpaired) electrons. The highest BCUT2D eigenvalue weighted by molar-refractivity contribution is 8.93. The van der Waals surface area contributed by atoms with Crippen LogP contribution >= 0.6 is 17.0 Å². The number of hydrogen-bond donors (Lipinski definition) is 1. The van der Waals surface area contributed by atoms with Gasteiger partial charge in [0, 0.05) is 0 Å². The lowest BCUT2D eigenvalue weighted by atomic mass is 9.89. The zero-order valence-electron chi connectivity index (χ0n) is 6.25. The van der Waals surface area contributed by atoms with E-state index >= 15 is 0 Å². The minimum Gasteiger partial charge on any atom is -0.330 e. The van der Waals surface area contributed by atoms with Crippen LogP contribution in [0.2, 0.25) is 0 Å². The van der Waals surface area contributed by atoms with Gasteiger partial charge in [0.25, 0.3) is 0 Å². The van der Waals surface area contributed by atoms with Gasteiger partial charge in [-0.2, -0.15) is 0 Å². The van der Waals surface area contributed by atoms with E-state index < -0.39 is 0 Å². The summed E-state index contributed by atoms with van der Waals surface area (Å²) < 4.78 is 0. The average molecular weight is 206 g/mol. The molecule has 0 spiro atoms. The molecule has 2 aliphatic rings. The molecule has 60 valence electrons. The minimum atomic E-state index is 0. The van der Waals surface area contributed by atoms with Crippen molar-refractivity contribution in [3.05, 3.63) is 0 Å². The molecule has 0 aromatic carbocycles. The third-order valence-corrected chi connectivity index (χ3v) is 3.19. The van der Waals surface area contributed by atoms with Gasteiger partial charge in [-0.05, 0) is 43.6 Å². The van der Waals surface area contributed by atoms with E-state index in [-0.39, 0.29) is 17.0 Å². The summed E-state index contributed by atoms with van der Waals surface area (Å²) in [5.74, 6) is 3.01. The van der Waals surface area contributed by atoms with E-state index in [4.69, 9.17) is 5.73 Å². The summed E-state index contributed by atoms with van der Waals surface area (Å²) in [5.41, 5.74) is 5.62. The molecule has 2 N–H and O–H groups in total. The fraction of sp³-hybridized carbons (Fsp3) is 1.00. The van der Waals surface area contributed by atoms with Gasteiger partial charge in [-0.15, -0.1) is 17.0 Å². The zero-order valence-corrected chi connectivity index (χ0v) is 7.97. The molecule has 0 saturated heterocycles. The smallest absolute Gasteiger partial charge is 0.00461 e. The second-order valence-electron chi connectivity index (χ2n) is 3.67. The number of nitrogens with two attached hydrogens (primary N) is 1. The van der Waals surface area contributed by atoms with Gasteiger partial charge in [0.2, 0.25) is 0 Å². The van der Waals surface area contributed by atoms with Crippen molar-refractivity contribution in [2.75, 3.05) is 6.54 Å². The van der Waals surface area contributed by atoms with E-state index in [9.17, 15) is 0 Å². The monoisotopic (exact) mass is 205 g/mol. The van der Waals surface area contributed by atoms with Gasteiger partial charge >= 0.3 is 0 Å². The predicted molar refractivity (Wildman–Crippen MR) is 48.3 cm³/mol. The Morgan fingerprint density at radius 2 is 2.00 bits per heavy atom. The van der Waals surface area contributed by atoms with Gasteiger partial charge in [0.05, 0.1) is 0 Å². The summed E-state index contributed by atoms with van der Waals surface area (Å²) in [6, 6.07) is 0. The quantitative estimate of drug-likeness (QED) is 0.697. The highest BCUT2D eigenvalue weighted by atomic mass is 79.9. The van der Waals surface area contributed by atoms with E-state index in [1.807, 2.05) is 0 Å². The number of rotatable bonds is 1. The molecule has 0 heterocycles. The number of fused-ring (bicyclic) bond motifs is 2. The van der Waals surface area contributed by atoms with Crippen molar-refractivity contribution < 1.29 is 0 Å². The molecular formula is C8H16BrN. The van der Waals surface area contributed by atoms with Gasteiger partial charge in [-0.3, -0.25) is 0 Å². The van der Waals surface area contributed by atoms with Crippen molar-refractivity contribution in [2.24, 2.45) is 23.5 Å². The van der Waals surface area contributed by atoms with E-state index in [0.29, 0.717) is 0 Å². The Kier molecular flexibility index (Phi) is 2.75. The topological polar surface area (TPSA) is 26.0 Å². The van der Waals surface area contributed by atoms with Crippen LogP contribution in [-0.2, 0) is 0 Å². The fourth-order valence-corrected chi connectivity index (χ4v) is 2.67. The van der Waals surface area contributed by atoms with Crippen molar-refractivity contribution in [3.63, 3.8) is 0 Å². The lowest BCUT2D eigenvalue weighted by molar-refractivity contribution is 0.341. The van der Waals surface area contributed by atoms with Crippen LogP contribution in [0.1, 0.15) is 25.7 Å². The standard InChI is InChI=1S/C8H15N.BrH/c9-5-8-4-6-1-2-7(8)3-6;/h6-8H,1-5,9H2;1H. The highest BCUT2D eigenvalue weighted by Gasteiger charge is 2.38. The van der Waals surface area contributed by atoms with Gasteiger partial charge in [-0.25, -0.2) is 0 Å². The van der Waals surface area contributed by atoms with E-state index in [2.05, 4.69) is 0 Å². The fourth-order valence-electron chi connectivity index (χ4n) is 2.67. The average Bonchev–Trinajstić information content (AvgIpc) is 2.45. The maximum atomic E-state index is 5.62. The lowest BCUT2D eigenvalue weighted by Crippen LogP contribution is -2.19. The second-order valence-corrected chi connectivity index (χ2v) is 3.67. The Labute approximate surface area is 73.1 Å². The lowest BCUT2D eigenvalue weighted by Gasteiger charge is -2.18. The molecule has 2 bridgehead atoms. The summed E-state index contributed by atoms with van der Waals surface area (Å²) >= 11 is 0. The molecule has 1 nitrogen and oxygen atoms in total. The Morgan fingerprint density at radius 3 is 2.30 bits per heavy atom. The zero-order chi connectivity index (χ0) is 6.27. The molecule has 2 rings (SSSR count). The van der Waals surface area contributed by atoms with Crippen molar-refractivity contribution in [1.82, 2.24) is 0 Å². The van der Waals surface area contributed by atoms with Crippen molar-refractivity contribution in [3.8, 4) is 0 Å².